The van der Waals surface area contributed by atoms with Gasteiger partial charge in [-0.05, 0) is 12.5 Å². The molecular weight excluding hydrogens is 278 g/mol. The van der Waals surface area contributed by atoms with Crippen LogP contribution in [0.15, 0.2) is 12.1 Å². The number of nitrogens with zero attached hydrogens (tertiary/aromatic N) is 1. The molecule has 7 nitrogen and oxygen atoms in total. The number of hydrogen-bond donors (Lipinski definition) is 0. The second-order valence-corrected chi connectivity index (χ2v) is 4.38. The molecule has 0 aromatic heterocycles. The first-order chi connectivity index (χ1) is 10.1. The van der Waals surface area contributed by atoms with Gasteiger partial charge in [0.15, 0.2) is 11.5 Å². The number of rotatable bonds is 9. The molecule has 0 amide bonds. The number of carbonyl (C=O) groups excluding carboxylic acids is 1. The first-order valence-electron chi connectivity index (χ1n) is 6.43. The quantitative estimate of drug-likeness (QED) is 0.394. The second kappa shape index (κ2) is 8.08. The standard InChI is InChI=1S/C14H19NO6/c1-19-12-7-6-11(13(20-2)14(12)21-3)10(5-4-8-16)9-15(17)18/h6-8,10H,4-5,9H2,1-3H3. The van der Waals surface area contributed by atoms with Gasteiger partial charge in [0, 0.05) is 16.9 Å². The molecule has 1 aromatic carbocycles. The highest BCUT2D eigenvalue weighted by Gasteiger charge is 2.25. The zero-order valence-electron chi connectivity index (χ0n) is 12.3. The van der Waals surface area contributed by atoms with Crippen LogP contribution in [0, 0.1) is 10.1 Å². The third-order valence-corrected chi connectivity index (χ3v) is 3.18. The van der Waals surface area contributed by atoms with Gasteiger partial charge in [0.05, 0.1) is 27.2 Å². The molecular formula is C14H19NO6. The van der Waals surface area contributed by atoms with Gasteiger partial charge in [-0.15, -0.1) is 0 Å². The molecule has 0 fully saturated rings. The fraction of sp³-hybridized carbons (Fsp3) is 0.500. The third kappa shape index (κ3) is 4.08. The summed E-state index contributed by atoms with van der Waals surface area (Å²) in [4.78, 5) is 21.0. The number of benzene rings is 1. The highest BCUT2D eigenvalue weighted by molar-refractivity contribution is 5.57. The Morgan fingerprint density at radius 2 is 1.86 bits per heavy atom. The van der Waals surface area contributed by atoms with Crippen molar-refractivity contribution in [3.8, 4) is 17.2 Å². The van der Waals surface area contributed by atoms with Gasteiger partial charge in [0.25, 0.3) is 0 Å². The summed E-state index contributed by atoms with van der Waals surface area (Å²) in [5.41, 5.74) is 0.633. The molecule has 116 valence electrons. The van der Waals surface area contributed by atoms with Crippen LogP contribution in [0.5, 0.6) is 17.2 Å². The Balaban J connectivity index is 3.28. The van der Waals surface area contributed by atoms with Crippen LogP contribution in [-0.2, 0) is 4.79 Å². The molecule has 0 saturated heterocycles. The first-order valence-corrected chi connectivity index (χ1v) is 6.43. The van der Waals surface area contributed by atoms with Crippen LogP contribution in [0.25, 0.3) is 0 Å². The second-order valence-electron chi connectivity index (χ2n) is 4.38. The Morgan fingerprint density at radius 3 is 2.33 bits per heavy atom. The molecule has 0 aliphatic carbocycles. The Hall–Kier alpha value is -2.31. The van der Waals surface area contributed by atoms with Crippen molar-refractivity contribution >= 4 is 6.29 Å². The van der Waals surface area contributed by atoms with Gasteiger partial charge < -0.3 is 19.0 Å². The molecule has 0 aliphatic heterocycles. The lowest BCUT2D eigenvalue weighted by Gasteiger charge is -2.19. The molecule has 1 aromatic rings. The summed E-state index contributed by atoms with van der Waals surface area (Å²) in [6.07, 6.45) is 1.37. The van der Waals surface area contributed by atoms with Gasteiger partial charge in [0.2, 0.25) is 12.3 Å². The van der Waals surface area contributed by atoms with Gasteiger partial charge in [0.1, 0.15) is 6.29 Å². The first kappa shape index (κ1) is 16.7. The van der Waals surface area contributed by atoms with E-state index in [4.69, 9.17) is 14.2 Å². The van der Waals surface area contributed by atoms with Crippen LogP contribution >= 0.6 is 0 Å². The Kier molecular flexibility index (Phi) is 6.45. The van der Waals surface area contributed by atoms with Gasteiger partial charge in [-0.3, -0.25) is 10.1 Å². The predicted molar refractivity (Wildman–Crippen MR) is 76.0 cm³/mol. The minimum Gasteiger partial charge on any atom is -0.493 e. The van der Waals surface area contributed by atoms with E-state index in [-0.39, 0.29) is 13.0 Å². The smallest absolute Gasteiger partial charge is 0.210 e. The SMILES string of the molecule is COc1ccc(C(CCC=O)C[N+](=O)[O-])c(OC)c1OC. The van der Waals surface area contributed by atoms with E-state index in [1.54, 1.807) is 12.1 Å². The molecule has 0 heterocycles. The Bertz CT molecular complexity index is 502. The summed E-state index contributed by atoms with van der Waals surface area (Å²) in [6, 6.07) is 3.38. The number of methoxy groups -OCH3 is 3. The fourth-order valence-corrected chi connectivity index (χ4v) is 2.24. The van der Waals surface area contributed by atoms with Crippen LogP contribution in [0.1, 0.15) is 24.3 Å². The molecule has 0 N–H and O–H groups in total. The van der Waals surface area contributed by atoms with E-state index in [1.807, 2.05) is 0 Å². The highest BCUT2D eigenvalue weighted by atomic mass is 16.6. The summed E-state index contributed by atoms with van der Waals surface area (Å²) in [7, 11) is 4.43. The fourth-order valence-electron chi connectivity index (χ4n) is 2.24. The molecule has 1 atom stereocenters. The maximum Gasteiger partial charge on any atom is 0.210 e. The van der Waals surface area contributed by atoms with Crippen molar-refractivity contribution in [2.24, 2.45) is 0 Å². The largest absolute Gasteiger partial charge is 0.493 e. The van der Waals surface area contributed by atoms with Crippen molar-refractivity contribution in [2.45, 2.75) is 18.8 Å². The van der Waals surface area contributed by atoms with E-state index in [9.17, 15) is 14.9 Å². The average molecular weight is 297 g/mol. The molecule has 1 rings (SSSR count). The monoisotopic (exact) mass is 297 g/mol. The van der Waals surface area contributed by atoms with Crippen LogP contribution in [0.2, 0.25) is 0 Å². The van der Waals surface area contributed by atoms with Crippen LogP contribution in [0.3, 0.4) is 0 Å². The van der Waals surface area contributed by atoms with Crippen LogP contribution < -0.4 is 14.2 Å². The van der Waals surface area contributed by atoms with Crippen molar-refractivity contribution < 1.29 is 23.9 Å². The Labute approximate surface area is 123 Å². The maximum atomic E-state index is 10.8. The molecule has 0 aliphatic rings. The van der Waals surface area contributed by atoms with Crippen molar-refractivity contribution in [2.75, 3.05) is 27.9 Å². The number of ether oxygens (including phenoxy) is 3. The van der Waals surface area contributed by atoms with Gasteiger partial charge >= 0.3 is 0 Å². The number of nitro groups is 1. The summed E-state index contributed by atoms with van der Waals surface area (Å²) in [6.45, 7) is -0.278. The van der Waals surface area contributed by atoms with Crippen molar-refractivity contribution in [3.05, 3.63) is 27.8 Å². The Morgan fingerprint density at radius 1 is 1.19 bits per heavy atom. The molecule has 0 bridgehead atoms. The summed E-state index contributed by atoms with van der Waals surface area (Å²) >= 11 is 0. The van der Waals surface area contributed by atoms with E-state index in [1.165, 1.54) is 21.3 Å². The van der Waals surface area contributed by atoms with E-state index in [0.29, 0.717) is 29.2 Å². The zero-order chi connectivity index (χ0) is 15.8. The van der Waals surface area contributed by atoms with E-state index in [2.05, 4.69) is 0 Å². The lowest BCUT2D eigenvalue weighted by atomic mass is 9.93. The lowest BCUT2D eigenvalue weighted by Crippen LogP contribution is -2.14. The minimum atomic E-state index is -0.431. The predicted octanol–water partition coefficient (Wildman–Crippen LogP) is 2.05. The molecule has 0 spiro atoms. The van der Waals surface area contributed by atoms with Crippen LogP contribution in [0.4, 0.5) is 0 Å². The summed E-state index contributed by atoms with van der Waals surface area (Å²) in [5.74, 6) is 0.833. The van der Waals surface area contributed by atoms with Crippen LogP contribution in [-0.4, -0.2) is 39.1 Å². The average Bonchev–Trinajstić information content (AvgIpc) is 2.49. The lowest BCUT2D eigenvalue weighted by molar-refractivity contribution is -0.483. The molecule has 0 radical (unpaired) electrons. The van der Waals surface area contributed by atoms with Crippen molar-refractivity contribution in [1.82, 2.24) is 0 Å². The molecule has 1 unspecified atom stereocenters. The number of carbonyl (C=O) groups is 1. The van der Waals surface area contributed by atoms with Crippen molar-refractivity contribution in [1.29, 1.82) is 0 Å². The molecule has 21 heavy (non-hydrogen) atoms. The van der Waals surface area contributed by atoms with Crippen molar-refractivity contribution in [3.63, 3.8) is 0 Å². The summed E-state index contributed by atoms with van der Waals surface area (Å²) in [5, 5.41) is 10.8. The van der Waals surface area contributed by atoms with Gasteiger partial charge in [-0.1, -0.05) is 6.07 Å². The normalized spacial score (nSPS) is 11.6. The number of hydrogen-bond acceptors (Lipinski definition) is 6. The van der Waals surface area contributed by atoms with E-state index < -0.39 is 10.8 Å². The maximum absolute atomic E-state index is 10.8. The molecule has 0 saturated carbocycles. The topological polar surface area (TPSA) is 87.9 Å². The minimum absolute atomic E-state index is 0.246. The van der Waals surface area contributed by atoms with E-state index >= 15 is 0 Å². The highest BCUT2D eigenvalue weighted by Crippen LogP contribution is 2.43. The summed E-state index contributed by atoms with van der Waals surface area (Å²) < 4.78 is 15.8. The van der Waals surface area contributed by atoms with Gasteiger partial charge in [-0.2, -0.15) is 0 Å². The van der Waals surface area contributed by atoms with E-state index in [0.717, 1.165) is 6.29 Å². The molecule has 7 heteroatoms. The zero-order valence-corrected chi connectivity index (χ0v) is 12.3. The number of aldehydes is 1. The third-order valence-electron chi connectivity index (χ3n) is 3.18. The van der Waals surface area contributed by atoms with Gasteiger partial charge in [-0.25, -0.2) is 0 Å².